The summed E-state index contributed by atoms with van der Waals surface area (Å²) in [6.07, 6.45) is -4.40. The molecule has 1 aromatic carbocycles. The second-order valence-corrected chi connectivity index (χ2v) is 7.06. The van der Waals surface area contributed by atoms with Crippen LogP contribution < -0.4 is 14.8 Å². The van der Waals surface area contributed by atoms with Crippen LogP contribution in [0.4, 0.5) is 13.2 Å². The Kier molecular flexibility index (Phi) is 6.07. The summed E-state index contributed by atoms with van der Waals surface area (Å²) in [7, 11) is 0. The molecule has 1 N–H and O–H groups in total. The van der Waals surface area contributed by atoms with Gasteiger partial charge in [0.1, 0.15) is 19.8 Å². The molecular weight excluding hydrogens is 399 g/mol. The van der Waals surface area contributed by atoms with Crippen LogP contribution in [0.25, 0.3) is 0 Å². The van der Waals surface area contributed by atoms with Crippen LogP contribution in [0, 0.1) is 0 Å². The molecule has 0 fully saturated rings. The molecule has 4 nitrogen and oxygen atoms in total. The number of ether oxygens (including phenoxy) is 2. The minimum atomic E-state index is -4.40. The van der Waals surface area contributed by atoms with Gasteiger partial charge in [-0.3, -0.25) is 4.79 Å². The molecule has 128 valence electrons. The van der Waals surface area contributed by atoms with Gasteiger partial charge in [-0.1, -0.05) is 15.9 Å². The third-order valence-corrected chi connectivity index (χ3v) is 4.96. The van der Waals surface area contributed by atoms with Crippen LogP contribution in [0.5, 0.6) is 11.5 Å². The molecule has 0 radical (unpaired) electrons. The fourth-order valence-electron chi connectivity index (χ4n) is 1.84. The third kappa shape index (κ3) is 5.49. The molecule has 0 saturated carbocycles. The van der Waals surface area contributed by atoms with Crippen LogP contribution in [0.3, 0.4) is 0 Å². The highest BCUT2D eigenvalue weighted by atomic mass is 79.9. The number of alkyl halides is 3. The number of hydrogen-bond acceptors (Lipinski definition) is 4. The van der Waals surface area contributed by atoms with Crippen LogP contribution in [-0.2, 0) is 10.5 Å². The van der Waals surface area contributed by atoms with E-state index in [2.05, 4.69) is 15.9 Å². The van der Waals surface area contributed by atoms with Gasteiger partial charge in [0.15, 0.2) is 11.5 Å². The van der Waals surface area contributed by atoms with E-state index in [0.717, 1.165) is 10.0 Å². The fourth-order valence-corrected chi connectivity index (χ4v) is 3.39. The smallest absolute Gasteiger partial charge is 0.405 e. The van der Waals surface area contributed by atoms with Crippen molar-refractivity contribution < 1.29 is 27.4 Å². The second-order valence-electron chi connectivity index (χ2n) is 4.87. The Hall–Kier alpha value is -1.09. The average Bonchev–Trinajstić information content (AvgIpc) is 2.49. The molecule has 1 atom stereocenters. The Bertz CT molecular complexity index is 583. The molecule has 1 heterocycles. The van der Waals surface area contributed by atoms with Crippen molar-refractivity contribution in [3.63, 3.8) is 0 Å². The normalized spacial score (nSPS) is 15.2. The lowest BCUT2D eigenvalue weighted by Gasteiger charge is -2.20. The first-order chi connectivity index (χ1) is 10.8. The van der Waals surface area contributed by atoms with E-state index in [1.165, 1.54) is 11.8 Å². The zero-order chi connectivity index (χ0) is 17.0. The summed E-state index contributed by atoms with van der Waals surface area (Å²) in [6, 6.07) is 3.60. The maximum atomic E-state index is 12.1. The number of benzene rings is 1. The molecule has 0 aromatic heterocycles. The molecule has 0 spiro atoms. The lowest BCUT2D eigenvalue weighted by molar-refractivity contribution is -0.137. The summed E-state index contributed by atoms with van der Waals surface area (Å²) in [5.41, 5.74) is 0.884. The van der Waals surface area contributed by atoms with Gasteiger partial charge in [0.05, 0.1) is 5.25 Å². The lowest BCUT2D eigenvalue weighted by Crippen LogP contribution is -2.38. The quantitative estimate of drug-likeness (QED) is 0.801. The van der Waals surface area contributed by atoms with Gasteiger partial charge in [-0.05, 0) is 24.6 Å². The minimum absolute atomic E-state index is 0.456. The maximum absolute atomic E-state index is 12.1. The molecule has 1 aliphatic heterocycles. The number of rotatable bonds is 5. The first-order valence-electron chi connectivity index (χ1n) is 6.80. The summed E-state index contributed by atoms with van der Waals surface area (Å²) < 4.78 is 48.0. The van der Waals surface area contributed by atoms with Gasteiger partial charge in [0.25, 0.3) is 0 Å². The van der Waals surface area contributed by atoms with Gasteiger partial charge >= 0.3 is 6.18 Å². The van der Waals surface area contributed by atoms with Gasteiger partial charge in [-0.15, -0.1) is 11.8 Å². The Morgan fingerprint density at radius 2 is 1.96 bits per heavy atom. The Balaban J connectivity index is 1.91. The van der Waals surface area contributed by atoms with E-state index in [-0.39, 0.29) is 0 Å². The maximum Gasteiger partial charge on any atom is 0.405 e. The molecule has 1 aliphatic rings. The van der Waals surface area contributed by atoms with Gasteiger partial charge in [0, 0.05) is 10.2 Å². The number of fused-ring (bicyclic) bond motifs is 1. The number of halogens is 4. The molecule has 9 heteroatoms. The van der Waals surface area contributed by atoms with Gasteiger partial charge < -0.3 is 14.8 Å². The predicted octanol–water partition coefficient (Wildman–Crippen LogP) is 3.52. The minimum Gasteiger partial charge on any atom is -0.486 e. The van der Waals surface area contributed by atoms with Gasteiger partial charge in [0.2, 0.25) is 5.91 Å². The van der Waals surface area contributed by atoms with E-state index in [1.807, 2.05) is 11.4 Å². The highest BCUT2D eigenvalue weighted by Gasteiger charge is 2.28. The van der Waals surface area contributed by atoms with Crippen molar-refractivity contribution in [1.29, 1.82) is 0 Å². The highest BCUT2D eigenvalue weighted by molar-refractivity contribution is 9.10. The van der Waals surface area contributed by atoms with Crippen molar-refractivity contribution >= 4 is 33.6 Å². The SMILES string of the molecule is CC(SCc1cc2c(cc1Br)OCCO2)C(=O)NCC(F)(F)F. The summed E-state index contributed by atoms with van der Waals surface area (Å²) in [6.45, 7) is 1.22. The summed E-state index contributed by atoms with van der Waals surface area (Å²) >= 11 is 4.67. The van der Waals surface area contributed by atoms with E-state index in [9.17, 15) is 18.0 Å². The number of hydrogen-bond donors (Lipinski definition) is 1. The largest absolute Gasteiger partial charge is 0.486 e. The average molecular weight is 414 g/mol. The molecular formula is C14H15BrF3NO3S. The zero-order valence-corrected chi connectivity index (χ0v) is 14.6. The molecule has 1 unspecified atom stereocenters. The number of nitrogens with one attached hydrogen (secondary N) is 1. The van der Waals surface area contributed by atoms with Crippen LogP contribution in [0.1, 0.15) is 12.5 Å². The van der Waals surface area contributed by atoms with Crippen LogP contribution in [0.15, 0.2) is 16.6 Å². The van der Waals surface area contributed by atoms with E-state index < -0.39 is 23.9 Å². The van der Waals surface area contributed by atoms with Crippen LogP contribution in [-0.4, -0.2) is 37.1 Å². The second kappa shape index (κ2) is 7.65. The Morgan fingerprint density at radius 1 is 1.35 bits per heavy atom. The monoisotopic (exact) mass is 413 g/mol. The fraction of sp³-hybridized carbons (Fsp3) is 0.500. The van der Waals surface area contributed by atoms with Crippen LogP contribution >= 0.6 is 27.7 Å². The number of thioether (sulfide) groups is 1. The van der Waals surface area contributed by atoms with Crippen molar-refractivity contribution in [2.45, 2.75) is 24.1 Å². The van der Waals surface area contributed by atoms with Gasteiger partial charge in [-0.25, -0.2) is 0 Å². The molecule has 1 aromatic rings. The van der Waals surface area contributed by atoms with E-state index in [0.29, 0.717) is 30.5 Å². The first-order valence-corrected chi connectivity index (χ1v) is 8.64. The van der Waals surface area contributed by atoms with Crippen molar-refractivity contribution in [2.24, 2.45) is 0 Å². The van der Waals surface area contributed by atoms with Crippen molar-refractivity contribution in [2.75, 3.05) is 19.8 Å². The van der Waals surface area contributed by atoms with E-state index >= 15 is 0 Å². The number of carbonyl (C=O) groups is 1. The van der Waals surface area contributed by atoms with Crippen molar-refractivity contribution in [3.05, 3.63) is 22.2 Å². The van der Waals surface area contributed by atoms with E-state index in [4.69, 9.17) is 9.47 Å². The number of amides is 1. The summed E-state index contributed by atoms with van der Waals surface area (Å²) in [4.78, 5) is 11.6. The third-order valence-electron chi connectivity index (χ3n) is 3.03. The Labute approximate surface area is 144 Å². The highest BCUT2D eigenvalue weighted by Crippen LogP contribution is 2.37. The molecule has 1 amide bonds. The Morgan fingerprint density at radius 3 is 2.57 bits per heavy atom. The molecule has 0 aliphatic carbocycles. The topological polar surface area (TPSA) is 47.6 Å². The van der Waals surface area contributed by atoms with Crippen molar-refractivity contribution in [3.8, 4) is 11.5 Å². The number of carbonyl (C=O) groups excluding carboxylic acids is 1. The lowest BCUT2D eigenvalue weighted by atomic mass is 10.2. The predicted molar refractivity (Wildman–Crippen MR) is 85.0 cm³/mol. The van der Waals surface area contributed by atoms with Crippen LogP contribution in [0.2, 0.25) is 0 Å². The van der Waals surface area contributed by atoms with E-state index in [1.54, 1.807) is 13.0 Å². The molecule has 2 rings (SSSR count). The standard InChI is InChI=1S/C14H15BrF3NO3S/c1-8(13(20)19-7-14(16,17)18)23-6-9-4-11-12(5-10(9)15)22-3-2-21-11/h4-5,8H,2-3,6-7H2,1H3,(H,19,20). The molecule has 0 bridgehead atoms. The van der Waals surface area contributed by atoms with Crippen molar-refractivity contribution in [1.82, 2.24) is 5.32 Å². The first kappa shape index (κ1) is 18.3. The van der Waals surface area contributed by atoms with Gasteiger partial charge in [-0.2, -0.15) is 13.2 Å². The molecule has 0 saturated heterocycles. The zero-order valence-electron chi connectivity index (χ0n) is 12.2. The summed E-state index contributed by atoms with van der Waals surface area (Å²) in [5, 5.41) is 1.28. The summed E-state index contributed by atoms with van der Waals surface area (Å²) in [5.74, 6) is 1.09. The molecule has 23 heavy (non-hydrogen) atoms.